The molecule has 1 rings (SSSR count). The monoisotopic (exact) mass is 226 g/mol. The molecule has 84 valence electrons. The van der Waals surface area contributed by atoms with Gasteiger partial charge in [0, 0.05) is 17.3 Å². The molecule has 0 radical (unpaired) electrons. The zero-order valence-corrected chi connectivity index (χ0v) is 9.93. The lowest BCUT2D eigenvalue weighted by atomic mass is 10.2. The standard InChI is InChI=1S/C12H18O2S/c1-2-6-14-7-8-15-12-5-3-4-11(9-12)10-13/h3-5,9,13H,2,6-8,10H2,1H3. The van der Waals surface area contributed by atoms with Gasteiger partial charge in [0.05, 0.1) is 13.2 Å². The molecular formula is C12H18O2S. The number of aliphatic hydroxyl groups is 1. The summed E-state index contributed by atoms with van der Waals surface area (Å²) in [7, 11) is 0. The molecule has 0 aromatic heterocycles. The van der Waals surface area contributed by atoms with E-state index >= 15 is 0 Å². The van der Waals surface area contributed by atoms with E-state index in [2.05, 4.69) is 13.0 Å². The van der Waals surface area contributed by atoms with E-state index in [-0.39, 0.29) is 6.61 Å². The van der Waals surface area contributed by atoms with Crippen molar-refractivity contribution in [1.82, 2.24) is 0 Å². The lowest BCUT2D eigenvalue weighted by molar-refractivity contribution is 0.151. The van der Waals surface area contributed by atoms with Gasteiger partial charge in [-0.1, -0.05) is 19.1 Å². The van der Waals surface area contributed by atoms with Crippen LogP contribution in [0.15, 0.2) is 29.2 Å². The van der Waals surface area contributed by atoms with E-state index in [9.17, 15) is 0 Å². The molecule has 0 amide bonds. The molecule has 0 spiro atoms. The number of hydrogen-bond donors (Lipinski definition) is 1. The molecule has 1 aromatic rings. The van der Waals surface area contributed by atoms with Gasteiger partial charge in [-0.25, -0.2) is 0 Å². The molecule has 1 aromatic carbocycles. The Balaban J connectivity index is 2.24. The number of ether oxygens (including phenoxy) is 1. The topological polar surface area (TPSA) is 29.5 Å². The van der Waals surface area contributed by atoms with E-state index in [1.165, 1.54) is 4.90 Å². The van der Waals surface area contributed by atoms with Gasteiger partial charge in [-0.05, 0) is 24.1 Å². The van der Waals surface area contributed by atoms with Crippen molar-refractivity contribution in [3.63, 3.8) is 0 Å². The summed E-state index contributed by atoms with van der Waals surface area (Å²) in [6.45, 7) is 3.86. The summed E-state index contributed by atoms with van der Waals surface area (Å²) in [6, 6.07) is 7.98. The maximum atomic E-state index is 8.97. The predicted octanol–water partition coefficient (Wildman–Crippen LogP) is 2.70. The third-order valence-corrected chi connectivity index (χ3v) is 2.88. The fourth-order valence-corrected chi connectivity index (χ4v) is 2.04. The van der Waals surface area contributed by atoms with Gasteiger partial charge in [0.15, 0.2) is 0 Å². The van der Waals surface area contributed by atoms with Crippen molar-refractivity contribution in [3.05, 3.63) is 29.8 Å². The molecule has 3 heteroatoms. The fourth-order valence-electron chi connectivity index (χ4n) is 1.20. The second kappa shape index (κ2) is 7.74. The van der Waals surface area contributed by atoms with Crippen molar-refractivity contribution in [2.75, 3.05) is 19.0 Å². The van der Waals surface area contributed by atoms with Gasteiger partial charge in [0.25, 0.3) is 0 Å². The lowest BCUT2D eigenvalue weighted by Crippen LogP contribution is -1.97. The normalized spacial score (nSPS) is 10.5. The van der Waals surface area contributed by atoms with Gasteiger partial charge in [0.1, 0.15) is 0 Å². The van der Waals surface area contributed by atoms with E-state index in [0.717, 1.165) is 31.0 Å². The van der Waals surface area contributed by atoms with Crippen molar-refractivity contribution in [1.29, 1.82) is 0 Å². The zero-order valence-electron chi connectivity index (χ0n) is 9.11. The summed E-state index contributed by atoms with van der Waals surface area (Å²) in [5.74, 6) is 0.967. The SMILES string of the molecule is CCCOCCSc1cccc(CO)c1. The molecule has 0 bridgehead atoms. The Morgan fingerprint density at radius 1 is 1.33 bits per heavy atom. The summed E-state index contributed by atoms with van der Waals surface area (Å²) >= 11 is 1.76. The van der Waals surface area contributed by atoms with Crippen molar-refractivity contribution >= 4 is 11.8 Å². The molecular weight excluding hydrogens is 208 g/mol. The van der Waals surface area contributed by atoms with Crippen molar-refractivity contribution < 1.29 is 9.84 Å². The molecule has 0 saturated heterocycles. The van der Waals surface area contributed by atoms with Crippen molar-refractivity contribution in [3.8, 4) is 0 Å². The lowest BCUT2D eigenvalue weighted by Gasteiger charge is -2.04. The molecule has 2 nitrogen and oxygen atoms in total. The maximum absolute atomic E-state index is 8.97. The minimum absolute atomic E-state index is 0.112. The van der Waals surface area contributed by atoms with E-state index in [4.69, 9.17) is 9.84 Å². The molecule has 15 heavy (non-hydrogen) atoms. The van der Waals surface area contributed by atoms with Crippen LogP contribution < -0.4 is 0 Å². The van der Waals surface area contributed by atoms with Crippen molar-refractivity contribution in [2.24, 2.45) is 0 Å². The van der Waals surface area contributed by atoms with Crippen molar-refractivity contribution in [2.45, 2.75) is 24.8 Å². The number of rotatable bonds is 7. The first-order valence-corrected chi connectivity index (χ1v) is 6.25. The van der Waals surface area contributed by atoms with Gasteiger partial charge in [-0.15, -0.1) is 11.8 Å². The molecule has 0 saturated carbocycles. The van der Waals surface area contributed by atoms with Crippen LogP contribution in [0.2, 0.25) is 0 Å². The van der Waals surface area contributed by atoms with E-state index in [1.807, 2.05) is 18.2 Å². The smallest absolute Gasteiger partial charge is 0.0682 e. The first kappa shape index (κ1) is 12.6. The average Bonchev–Trinajstić information content (AvgIpc) is 2.29. The Hall–Kier alpha value is -0.510. The molecule has 0 atom stereocenters. The quantitative estimate of drug-likeness (QED) is 0.572. The summed E-state index contributed by atoms with van der Waals surface area (Å²) in [6.07, 6.45) is 1.07. The van der Waals surface area contributed by atoms with Crippen LogP contribution in [-0.2, 0) is 11.3 Å². The number of hydrogen-bond acceptors (Lipinski definition) is 3. The van der Waals surface area contributed by atoms with E-state index in [1.54, 1.807) is 11.8 Å². The minimum atomic E-state index is 0.112. The molecule has 0 aliphatic rings. The fraction of sp³-hybridized carbons (Fsp3) is 0.500. The van der Waals surface area contributed by atoms with Gasteiger partial charge in [-0.3, -0.25) is 0 Å². The molecule has 1 N–H and O–H groups in total. The molecule has 0 fully saturated rings. The highest BCUT2D eigenvalue weighted by atomic mass is 32.2. The van der Waals surface area contributed by atoms with Crippen LogP contribution >= 0.6 is 11.8 Å². The molecule has 0 aliphatic carbocycles. The van der Waals surface area contributed by atoms with E-state index in [0.29, 0.717) is 0 Å². The third-order valence-electron chi connectivity index (χ3n) is 1.93. The van der Waals surface area contributed by atoms with Gasteiger partial charge >= 0.3 is 0 Å². The first-order chi connectivity index (χ1) is 7.36. The Morgan fingerprint density at radius 2 is 2.20 bits per heavy atom. The second-order valence-corrected chi connectivity index (χ2v) is 4.43. The Labute approximate surface area is 95.7 Å². The van der Waals surface area contributed by atoms with E-state index < -0.39 is 0 Å². The predicted molar refractivity (Wildman–Crippen MR) is 64.2 cm³/mol. The van der Waals surface area contributed by atoms with Crippen LogP contribution in [0.5, 0.6) is 0 Å². The van der Waals surface area contributed by atoms with Gasteiger partial charge in [-0.2, -0.15) is 0 Å². The van der Waals surface area contributed by atoms with Crippen LogP contribution in [-0.4, -0.2) is 24.1 Å². The molecule has 0 heterocycles. The van der Waals surface area contributed by atoms with Crippen LogP contribution in [0.25, 0.3) is 0 Å². The Morgan fingerprint density at radius 3 is 2.93 bits per heavy atom. The van der Waals surface area contributed by atoms with Crippen LogP contribution in [0.1, 0.15) is 18.9 Å². The Kier molecular flexibility index (Phi) is 6.48. The summed E-state index contributed by atoms with van der Waals surface area (Å²) in [5, 5.41) is 8.97. The number of aliphatic hydroxyl groups excluding tert-OH is 1. The maximum Gasteiger partial charge on any atom is 0.0682 e. The summed E-state index contributed by atoms with van der Waals surface area (Å²) in [5.41, 5.74) is 0.967. The van der Waals surface area contributed by atoms with Crippen LogP contribution in [0, 0.1) is 0 Å². The van der Waals surface area contributed by atoms with Crippen LogP contribution in [0.4, 0.5) is 0 Å². The highest BCUT2D eigenvalue weighted by Crippen LogP contribution is 2.18. The molecule has 0 aliphatic heterocycles. The van der Waals surface area contributed by atoms with Gasteiger partial charge < -0.3 is 9.84 Å². The largest absolute Gasteiger partial charge is 0.392 e. The van der Waals surface area contributed by atoms with Crippen LogP contribution in [0.3, 0.4) is 0 Å². The third kappa shape index (κ3) is 5.21. The minimum Gasteiger partial charge on any atom is -0.392 e. The number of benzene rings is 1. The molecule has 0 unspecified atom stereocenters. The summed E-state index contributed by atoms with van der Waals surface area (Å²) < 4.78 is 5.39. The summed E-state index contributed by atoms with van der Waals surface area (Å²) in [4.78, 5) is 1.20. The number of thioether (sulfide) groups is 1. The second-order valence-electron chi connectivity index (χ2n) is 3.27. The highest BCUT2D eigenvalue weighted by Gasteiger charge is 1.96. The first-order valence-electron chi connectivity index (χ1n) is 5.27. The highest BCUT2D eigenvalue weighted by molar-refractivity contribution is 7.99. The zero-order chi connectivity index (χ0) is 10.9. The van der Waals surface area contributed by atoms with Gasteiger partial charge in [0.2, 0.25) is 0 Å². The Bertz CT molecular complexity index is 276. The average molecular weight is 226 g/mol.